The third-order valence-electron chi connectivity index (χ3n) is 0. The first-order valence-corrected chi connectivity index (χ1v) is 0. The van der Waals surface area contributed by atoms with Crippen molar-refractivity contribution in [2.45, 2.75) is 0 Å². The van der Waals surface area contributed by atoms with Gasteiger partial charge in [0.25, 0.3) is 0 Å². The van der Waals surface area contributed by atoms with Gasteiger partial charge in [-0.2, -0.15) is 0 Å². The molecule has 0 aromatic heterocycles. The molecule has 0 N–H and O–H groups in total. The van der Waals surface area contributed by atoms with Crippen molar-refractivity contribution in [2.24, 2.45) is 0 Å². The molecule has 0 spiro atoms. The molecule has 24 valence electrons. The van der Waals surface area contributed by atoms with Crippen molar-refractivity contribution in [1.82, 2.24) is 0 Å². The van der Waals surface area contributed by atoms with Crippen LogP contribution in [0, 0.1) is 45.2 Å². The van der Waals surface area contributed by atoms with Crippen LogP contribution in [0.4, 0.5) is 0 Å². The largest absolute Gasteiger partial charge is 2.00 e. The summed E-state index contributed by atoms with van der Waals surface area (Å²) in [4.78, 5) is 0. The Hall–Kier alpha value is 2.51. The Balaban J connectivity index is 0. The van der Waals surface area contributed by atoms with Gasteiger partial charge in [0.1, 0.15) is 0 Å². The SMILES string of the molecule is [Ar].[Br-].[CH3-].[Mg+2]. The molecule has 3 heteroatoms. The molecule has 0 radical (unpaired) electrons. The Morgan fingerprint density at radius 1 is 1.00 bits per heavy atom. The zero-order valence-electron chi connectivity index (χ0n) is 2.44. The number of rotatable bonds is 0. The minimum atomic E-state index is 0. The predicted molar refractivity (Wildman–Crippen MR) is 12.2 cm³/mol. The van der Waals surface area contributed by atoms with Crippen LogP contribution in [0.1, 0.15) is 0 Å². The molecule has 0 fully saturated rings. The maximum absolute atomic E-state index is 0. The fourth-order valence-corrected chi connectivity index (χ4v) is 0. The van der Waals surface area contributed by atoms with Gasteiger partial charge < -0.3 is 24.4 Å². The summed E-state index contributed by atoms with van der Waals surface area (Å²) in [5, 5.41) is 0. The minimum absolute atomic E-state index is 0. The van der Waals surface area contributed by atoms with E-state index >= 15 is 0 Å². The first-order valence-electron chi connectivity index (χ1n) is 0. The van der Waals surface area contributed by atoms with Gasteiger partial charge in [-0.1, -0.05) is 0 Å². The Bertz CT molecular complexity index is 8.00. The van der Waals surface area contributed by atoms with Crippen molar-refractivity contribution in [3.8, 4) is 0 Å². The van der Waals surface area contributed by atoms with Crippen LogP contribution < -0.4 is 17.0 Å². The molecule has 0 heterocycles. The van der Waals surface area contributed by atoms with Gasteiger partial charge >= 0.3 is 23.1 Å². The van der Waals surface area contributed by atoms with E-state index < -0.39 is 0 Å². The quantitative estimate of drug-likeness (QED) is 0.262. The number of halogens is 1. The smallest absolute Gasteiger partial charge is 1.00 e. The normalized spacial score (nSPS) is 0. The first kappa shape index (κ1) is 31.4. The predicted octanol–water partition coefficient (Wildman–Crippen LogP) is -2.93. The summed E-state index contributed by atoms with van der Waals surface area (Å²) in [6.07, 6.45) is 0. The molecule has 0 amide bonds. The second-order valence-corrected chi connectivity index (χ2v) is 0. The molecule has 0 nitrogen and oxygen atoms in total. The monoisotopic (exact) mass is 158 g/mol. The molecule has 0 aliphatic rings. The van der Waals surface area contributed by atoms with Crippen LogP contribution in [0.2, 0.25) is 0 Å². The standard InChI is InChI=1S/CH3.Ar.BrH.Mg/h1H3;;1H;/q-1;;;+2/p-1. The van der Waals surface area contributed by atoms with E-state index in [9.17, 15) is 0 Å². The summed E-state index contributed by atoms with van der Waals surface area (Å²) in [5.74, 6) is 0. The molecule has 0 bridgehead atoms. The molecule has 0 saturated carbocycles. The molecule has 0 saturated heterocycles. The molecule has 0 rings (SSSR count). The molecule has 0 aliphatic heterocycles. The van der Waals surface area contributed by atoms with Gasteiger partial charge in [-0.15, -0.1) is 0 Å². The van der Waals surface area contributed by atoms with Crippen LogP contribution in [0.5, 0.6) is 0 Å². The maximum atomic E-state index is 0. The fourth-order valence-electron chi connectivity index (χ4n) is 0. The van der Waals surface area contributed by atoms with Crippen LogP contribution in [0.25, 0.3) is 0 Å². The van der Waals surface area contributed by atoms with Crippen molar-refractivity contribution >= 4 is 23.1 Å². The summed E-state index contributed by atoms with van der Waals surface area (Å²) in [7, 11) is 0. The van der Waals surface area contributed by atoms with Crippen molar-refractivity contribution in [3.05, 3.63) is 7.43 Å². The molecule has 0 aromatic rings. The van der Waals surface area contributed by atoms with E-state index in [2.05, 4.69) is 0 Å². The first-order chi connectivity index (χ1) is 0. The fraction of sp³-hybridized carbons (Fsp3) is 0. The van der Waals surface area contributed by atoms with Gasteiger partial charge in [0.2, 0.25) is 0 Å². The zero-order valence-corrected chi connectivity index (χ0v) is 6.15. The molecule has 0 aromatic carbocycles. The van der Waals surface area contributed by atoms with E-state index in [1.54, 1.807) is 0 Å². The number of hydrogen-bond acceptors (Lipinski definition) is 0. The summed E-state index contributed by atoms with van der Waals surface area (Å²) < 4.78 is 0. The third-order valence-corrected chi connectivity index (χ3v) is 0. The Kier molecular flexibility index (Phi) is 140. The van der Waals surface area contributed by atoms with Gasteiger partial charge in [0.05, 0.1) is 0 Å². The third kappa shape index (κ3) is 8.82. The molecule has 4 heavy (non-hydrogen) atoms. The van der Waals surface area contributed by atoms with E-state index in [1.165, 1.54) is 0 Å². The second kappa shape index (κ2) is 17.8. The summed E-state index contributed by atoms with van der Waals surface area (Å²) in [6.45, 7) is 0. The molecular formula is CH3ArBrMg. The average molecular weight is 159 g/mol. The second-order valence-electron chi connectivity index (χ2n) is 0. The maximum Gasteiger partial charge on any atom is 2.00 e. The molecule has 0 atom stereocenters. The minimum Gasteiger partial charge on any atom is -1.00 e. The van der Waals surface area contributed by atoms with Crippen LogP contribution >= 0.6 is 0 Å². The Morgan fingerprint density at radius 3 is 1.00 bits per heavy atom. The van der Waals surface area contributed by atoms with Gasteiger partial charge in [0.15, 0.2) is 0 Å². The van der Waals surface area contributed by atoms with Crippen LogP contribution in [0.3, 0.4) is 0 Å². The molecule has 0 unspecified atom stereocenters. The molecular weight excluding hydrogens is 156 g/mol. The van der Waals surface area contributed by atoms with Gasteiger partial charge in [-0.05, 0) is 0 Å². The van der Waals surface area contributed by atoms with Crippen LogP contribution in [0.15, 0.2) is 0 Å². The molecule has 0 aliphatic carbocycles. The van der Waals surface area contributed by atoms with Crippen molar-refractivity contribution in [1.29, 1.82) is 0 Å². The Labute approximate surface area is 83.6 Å². The van der Waals surface area contributed by atoms with E-state index in [0.29, 0.717) is 0 Å². The van der Waals surface area contributed by atoms with E-state index in [-0.39, 0.29) is 85.2 Å². The summed E-state index contributed by atoms with van der Waals surface area (Å²) >= 11 is 0. The Morgan fingerprint density at radius 2 is 1.00 bits per heavy atom. The summed E-state index contributed by atoms with van der Waals surface area (Å²) in [5.41, 5.74) is 0. The van der Waals surface area contributed by atoms with Crippen LogP contribution in [-0.2, 0) is 0 Å². The van der Waals surface area contributed by atoms with Gasteiger partial charge in [-0.25, -0.2) is 0 Å². The van der Waals surface area contributed by atoms with Crippen molar-refractivity contribution in [2.75, 3.05) is 0 Å². The van der Waals surface area contributed by atoms with Crippen molar-refractivity contribution in [3.63, 3.8) is 0 Å². The van der Waals surface area contributed by atoms with E-state index in [1.807, 2.05) is 0 Å². The zero-order chi connectivity index (χ0) is 0. The van der Waals surface area contributed by atoms with Crippen LogP contribution in [-0.4, -0.2) is 23.1 Å². The number of hydrogen-bond donors (Lipinski definition) is 0. The topological polar surface area (TPSA) is 0 Å². The summed E-state index contributed by atoms with van der Waals surface area (Å²) in [6, 6.07) is 0. The average Bonchev–Trinajstić information content (AvgIpc) is 0. The van der Waals surface area contributed by atoms with Gasteiger partial charge in [0, 0.05) is 37.7 Å². The van der Waals surface area contributed by atoms with E-state index in [0.717, 1.165) is 0 Å². The van der Waals surface area contributed by atoms with Crippen molar-refractivity contribution < 1.29 is 54.7 Å². The van der Waals surface area contributed by atoms with Gasteiger partial charge in [-0.3, -0.25) is 0 Å². The van der Waals surface area contributed by atoms with E-state index in [4.69, 9.17) is 0 Å².